The number of epoxide rings is 2. The molecule has 0 aliphatic carbocycles. The second-order valence-corrected chi connectivity index (χ2v) is 5.11. The van der Waals surface area contributed by atoms with Crippen LogP contribution in [0.5, 0.6) is 0 Å². The third-order valence-electron chi connectivity index (χ3n) is 2.40. The first-order valence-electron chi connectivity index (χ1n) is 5.54. The molecule has 15 heavy (non-hydrogen) atoms. The molecule has 0 aromatic carbocycles. The molecule has 2 aliphatic rings. The van der Waals surface area contributed by atoms with Gasteiger partial charge in [0.2, 0.25) is 0 Å². The van der Waals surface area contributed by atoms with Crippen LogP contribution in [0.4, 0.5) is 0 Å². The van der Waals surface area contributed by atoms with Gasteiger partial charge in [0, 0.05) is 5.41 Å². The van der Waals surface area contributed by atoms with Crippen molar-refractivity contribution in [2.45, 2.75) is 26.1 Å². The Kier molecular flexibility index (Phi) is 3.61. The fourth-order valence-electron chi connectivity index (χ4n) is 1.30. The summed E-state index contributed by atoms with van der Waals surface area (Å²) in [5, 5.41) is 0. The van der Waals surface area contributed by atoms with Crippen molar-refractivity contribution in [1.29, 1.82) is 0 Å². The van der Waals surface area contributed by atoms with Crippen molar-refractivity contribution in [2.24, 2.45) is 5.41 Å². The van der Waals surface area contributed by atoms with Crippen LogP contribution in [-0.2, 0) is 18.9 Å². The van der Waals surface area contributed by atoms with E-state index in [1.54, 1.807) is 0 Å². The summed E-state index contributed by atoms with van der Waals surface area (Å²) in [6.45, 7) is 8.88. The highest BCUT2D eigenvalue weighted by atomic mass is 16.6. The summed E-state index contributed by atoms with van der Waals surface area (Å²) in [7, 11) is 0. The van der Waals surface area contributed by atoms with Crippen LogP contribution in [0.3, 0.4) is 0 Å². The molecule has 2 heterocycles. The average molecular weight is 216 g/mol. The lowest BCUT2D eigenvalue weighted by atomic mass is 9.96. The van der Waals surface area contributed by atoms with Gasteiger partial charge >= 0.3 is 0 Å². The fraction of sp³-hybridized carbons (Fsp3) is 1.00. The molecule has 0 saturated carbocycles. The normalized spacial score (nSPS) is 29.2. The van der Waals surface area contributed by atoms with Gasteiger partial charge in [-0.1, -0.05) is 13.8 Å². The zero-order valence-electron chi connectivity index (χ0n) is 9.53. The highest BCUT2D eigenvalue weighted by Crippen LogP contribution is 2.19. The molecule has 0 N–H and O–H groups in total. The van der Waals surface area contributed by atoms with Gasteiger partial charge in [-0.3, -0.25) is 0 Å². The van der Waals surface area contributed by atoms with Crippen LogP contribution < -0.4 is 0 Å². The lowest BCUT2D eigenvalue weighted by molar-refractivity contribution is -0.0101. The first kappa shape index (κ1) is 11.3. The third-order valence-corrected chi connectivity index (χ3v) is 2.40. The maximum Gasteiger partial charge on any atom is 0.104 e. The van der Waals surface area contributed by atoms with Crippen molar-refractivity contribution in [2.75, 3.05) is 39.6 Å². The van der Waals surface area contributed by atoms with E-state index in [1.165, 1.54) is 0 Å². The van der Waals surface area contributed by atoms with Crippen molar-refractivity contribution in [3.8, 4) is 0 Å². The summed E-state index contributed by atoms with van der Waals surface area (Å²) in [5.41, 5.74) is 0.0732. The number of hydrogen-bond donors (Lipinski definition) is 0. The molecule has 0 amide bonds. The molecule has 4 heteroatoms. The first-order chi connectivity index (χ1) is 7.16. The largest absolute Gasteiger partial charge is 0.378 e. The number of hydrogen-bond acceptors (Lipinski definition) is 4. The summed E-state index contributed by atoms with van der Waals surface area (Å²) in [6.07, 6.45) is 0.697. The lowest BCUT2D eigenvalue weighted by Crippen LogP contribution is -2.27. The Labute approximate surface area is 90.8 Å². The highest BCUT2D eigenvalue weighted by molar-refractivity contribution is 4.72. The molecular weight excluding hydrogens is 196 g/mol. The Morgan fingerprint density at radius 3 is 1.73 bits per heavy atom. The number of ether oxygens (including phenoxy) is 4. The molecule has 2 fully saturated rings. The van der Waals surface area contributed by atoms with Crippen molar-refractivity contribution >= 4 is 0 Å². The van der Waals surface area contributed by atoms with Gasteiger partial charge in [0.25, 0.3) is 0 Å². The van der Waals surface area contributed by atoms with E-state index in [4.69, 9.17) is 18.9 Å². The molecule has 2 saturated heterocycles. The van der Waals surface area contributed by atoms with Gasteiger partial charge in [-0.25, -0.2) is 0 Å². The third kappa shape index (κ3) is 4.93. The van der Waals surface area contributed by atoms with Gasteiger partial charge in [-0.2, -0.15) is 0 Å². The Bertz CT molecular complexity index is 177. The van der Waals surface area contributed by atoms with Crippen LogP contribution in [0.15, 0.2) is 0 Å². The Hall–Kier alpha value is -0.160. The Balaban J connectivity index is 1.50. The molecule has 4 nitrogen and oxygen atoms in total. The maximum atomic E-state index is 5.56. The summed E-state index contributed by atoms with van der Waals surface area (Å²) in [5.74, 6) is 0. The van der Waals surface area contributed by atoms with Crippen LogP contribution in [0.25, 0.3) is 0 Å². The molecule has 0 spiro atoms. The smallest absolute Gasteiger partial charge is 0.104 e. The number of rotatable bonds is 8. The van der Waals surface area contributed by atoms with Gasteiger partial charge in [-0.05, 0) is 0 Å². The van der Waals surface area contributed by atoms with E-state index in [9.17, 15) is 0 Å². The van der Waals surface area contributed by atoms with E-state index in [-0.39, 0.29) is 5.41 Å². The van der Waals surface area contributed by atoms with Gasteiger partial charge in [-0.15, -0.1) is 0 Å². The van der Waals surface area contributed by atoms with Crippen LogP contribution in [0.2, 0.25) is 0 Å². The molecule has 88 valence electrons. The van der Waals surface area contributed by atoms with E-state index in [1.807, 2.05) is 0 Å². The summed E-state index contributed by atoms with van der Waals surface area (Å²) in [6, 6.07) is 0. The molecule has 2 rings (SSSR count). The van der Waals surface area contributed by atoms with Gasteiger partial charge in [0.1, 0.15) is 12.2 Å². The molecule has 0 radical (unpaired) electrons. The molecule has 0 aromatic heterocycles. The van der Waals surface area contributed by atoms with Crippen molar-refractivity contribution < 1.29 is 18.9 Å². The van der Waals surface area contributed by atoms with Crippen LogP contribution in [-0.4, -0.2) is 51.8 Å². The second-order valence-electron chi connectivity index (χ2n) is 5.11. The summed E-state index contributed by atoms with van der Waals surface area (Å²) < 4.78 is 21.3. The molecule has 0 unspecified atom stereocenters. The maximum absolute atomic E-state index is 5.56. The zero-order valence-corrected chi connectivity index (χ0v) is 9.53. The molecular formula is C11H20O4. The lowest BCUT2D eigenvalue weighted by Gasteiger charge is -2.23. The second kappa shape index (κ2) is 4.78. The van der Waals surface area contributed by atoms with Gasteiger partial charge in [0.05, 0.1) is 39.6 Å². The zero-order chi connectivity index (χ0) is 10.7. The van der Waals surface area contributed by atoms with E-state index in [0.717, 1.165) is 39.6 Å². The van der Waals surface area contributed by atoms with Crippen molar-refractivity contribution in [3.63, 3.8) is 0 Å². The van der Waals surface area contributed by atoms with Crippen LogP contribution >= 0.6 is 0 Å². The minimum Gasteiger partial charge on any atom is -0.378 e. The SMILES string of the molecule is CC(C)(COC[C@@H]1CO1)COC[C@@H]1CO1. The molecule has 2 atom stereocenters. The van der Waals surface area contributed by atoms with Crippen LogP contribution in [0.1, 0.15) is 13.8 Å². The summed E-state index contributed by atoms with van der Waals surface area (Å²) >= 11 is 0. The predicted molar refractivity (Wildman–Crippen MR) is 54.9 cm³/mol. The standard InChI is InChI=1S/C11H20O4/c1-11(2,7-12-3-9-5-14-9)8-13-4-10-6-15-10/h9-10H,3-8H2,1-2H3/t9-,10-/m1/s1. The topological polar surface area (TPSA) is 43.5 Å². The average Bonchev–Trinajstić information content (AvgIpc) is 2.97. The van der Waals surface area contributed by atoms with Crippen molar-refractivity contribution in [3.05, 3.63) is 0 Å². The first-order valence-corrected chi connectivity index (χ1v) is 5.54. The fourth-order valence-corrected chi connectivity index (χ4v) is 1.30. The molecule has 0 bridgehead atoms. The van der Waals surface area contributed by atoms with Crippen LogP contribution in [0, 0.1) is 5.41 Å². The van der Waals surface area contributed by atoms with E-state index >= 15 is 0 Å². The van der Waals surface area contributed by atoms with Gasteiger partial charge < -0.3 is 18.9 Å². The minimum absolute atomic E-state index is 0.0732. The van der Waals surface area contributed by atoms with E-state index in [0.29, 0.717) is 12.2 Å². The quantitative estimate of drug-likeness (QED) is 0.564. The minimum atomic E-state index is 0.0732. The van der Waals surface area contributed by atoms with E-state index < -0.39 is 0 Å². The van der Waals surface area contributed by atoms with Crippen molar-refractivity contribution in [1.82, 2.24) is 0 Å². The molecule has 0 aromatic rings. The van der Waals surface area contributed by atoms with E-state index in [2.05, 4.69) is 13.8 Å². The highest BCUT2D eigenvalue weighted by Gasteiger charge is 2.27. The molecule has 2 aliphatic heterocycles. The Morgan fingerprint density at radius 2 is 1.40 bits per heavy atom. The van der Waals surface area contributed by atoms with Gasteiger partial charge in [0.15, 0.2) is 0 Å². The monoisotopic (exact) mass is 216 g/mol. The Morgan fingerprint density at radius 1 is 1.00 bits per heavy atom. The predicted octanol–water partition coefficient (Wildman–Crippen LogP) is 0.843. The summed E-state index contributed by atoms with van der Waals surface area (Å²) in [4.78, 5) is 0.